The maximum absolute atomic E-state index is 13.2. The lowest BCUT2D eigenvalue weighted by atomic mass is 10.0. The van der Waals surface area contributed by atoms with Crippen molar-refractivity contribution in [3.8, 4) is 11.4 Å². The number of anilines is 1. The van der Waals surface area contributed by atoms with Gasteiger partial charge < -0.3 is 15.0 Å². The van der Waals surface area contributed by atoms with Crippen molar-refractivity contribution in [2.24, 2.45) is 0 Å². The molecule has 0 radical (unpaired) electrons. The number of rotatable bonds is 8. The van der Waals surface area contributed by atoms with E-state index in [1.165, 1.54) is 17.3 Å². The molecule has 0 fully saturated rings. The van der Waals surface area contributed by atoms with Crippen LogP contribution in [-0.4, -0.2) is 46.0 Å². The molecule has 38 heavy (non-hydrogen) atoms. The Hall–Kier alpha value is -3.63. The first-order chi connectivity index (χ1) is 18.5. The molecule has 3 aromatic carbocycles. The number of methoxy groups -OCH3 is 1. The Balaban J connectivity index is 1.34. The van der Waals surface area contributed by atoms with Gasteiger partial charge in [0.2, 0.25) is 5.91 Å². The third-order valence-electron chi connectivity index (χ3n) is 6.26. The lowest BCUT2D eigenvalue weighted by molar-refractivity contribution is -0.116. The molecule has 0 spiro atoms. The molecule has 10 heteroatoms. The van der Waals surface area contributed by atoms with Crippen molar-refractivity contribution in [1.29, 1.82) is 0 Å². The highest BCUT2D eigenvalue weighted by Gasteiger charge is 2.24. The highest BCUT2D eigenvalue weighted by Crippen LogP contribution is 2.29. The number of aromatic nitrogens is 3. The van der Waals surface area contributed by atoms with Crippen LogP contribution in [0.2, 0.25) is 0 Å². The number of nitrogens with zero attached hydrogens (tertiary/aromatic N) is 4. The van der Waals surface area contributed by atoms with Gasteiger partial charge in [0, 0.05) is 28.0 Å². The summed E-state index contributed by atoms with van der Waals surface area (Å²) < 4.78 is 8.04. The zero-order chi connectivity index (χ0) is 26.5. The van der Waals surface area contributed by atoms with Crippen LogP contribution >= 0.6 is 27.7 Å². The van der Waals surface area contributed by atoms with Crippen LogP contribution < -0.4 is 15.0 Å². The van der Waals surface area contributed by atoms with E-state index in [2.05, 4.69) is 37.5 Å². The molecule has 0 saturated carbocycles. The number of ether oxygens (including phenoxy) is 1. The summed E-state index contributed by atoms with van der Waals surface area (Å²) in [6, 6.07) is 22.8. The molecule has 2 heterocycles. The van der Waals surface area contributed by atoms with Crippen LogP contribution in [0, 0.1) is 0 Å². The number of hydrogen-bond acceptors (Lipinski definition) is 6. The number of amides is 2. The molecule has 1 aromatic heterocycles. The summed E-state index contributed by atoms with van der Waals surface area (Å²) in [4.78, 5) is 27.9. The number of nitrogens with one attached hydrogen (secondary N) is 1. The average Bonchev–Trinajstić information content (AvgIpc) is 3.37. The molecule has 2 amide bonds. The Morgan fingerprint density at radius 2 is 1.87 bits per heavy atom. The zero-order valence-electron chi connectivity index (χ0n) is 20.8. The van der Waals surface area contributed by atoms with Crippen LogP contribution in [0.1, 0.15) is 28.2 Å². The molecule has 1 N–H and O–H groups in total. The maximum atomic E-state index is 13.2. The number of hydrogen-bond donors (Lipinski definition) is 1. The molecule has 0 aliphatic carbocycles. The molecule has 4 aromatic rings. The van der Waals surface area contributed by atoms with Gasteiger partial charge in [-0.2, -0.15) is 0 Å². The second-order valence-electron chi connectivity index (χ2n) is 8.69. The van der Waals surface area contributed by atoms with Gasteiger partial charge in [-0.25, -0.2) is 0 Å². The largest absolute Gasteiger partial charge is 0.497 e. The van der Waals surface area contributed by atoms with E-state index in [1.54, 1.807) is 31.4 Å². The smallest absolute Gasteiger partial charge is 0.251 e. The van der Waals surface area contributed by atoms with E-state index in [-0.39, 0.29) is 24.1 Å². The predicted octanol–water partition coefficient (Wildman–Crippen LogP) is 5.04. The quantitative estimate of drug-likeness (QED) is 0.289. The monoisotopic (exact) mass is 591 g/mol. The average molecular weight is 593 g/mol. The molecule has 0 unspecified atom stereocenters. The number of para-hydroxylation sites is 1. The van der Waals surface area contributed by atoms with Crippen LogP contribution in [0.15, 0.2) is 82.4 Å². The van der Waals surface area contributed by atoms with E-state index in [1.807, 2.05) is 51.9 Å². The highest BCUT2D eigenvalue weighted by atomic mass is 79.9. The maximum Gasteiger partial charge on any atom is 0.251 e. The van der Waals surface area contributed by atoms with Gasteiger partial charge in [0.15, 0.2) is 11.0 Å². The lowest BCUT2D eigenvalue weighted by Gasteiger charge is -2.29. The highest BCUT2D eigenvalue weighted by molar-refractivity contribution is 9.10. The van der Waals surface area contributed by atoms with E-state index in [9.17, 15) is 9.59 Å². The third kappa shape index (κ3) is 5.76. The molecule has 8 nitrogen and oxygen atoms in total. The summed E-state index contributed by atoms with van der Waals surface area (Å²) >= 11 is 4.81. The lowest BCUT2D eigenvalue weighted by Crippen LogP contribution is -2.36. The summed E-state index contributed by atoms with van der Waals surface area (Å²) in [5.74, 6) is 1.17. The summed E-state index contributed by atoms with van der Waals surface area (Å²) in [5, 5.41) is 12.2. The fourth-order valence-electron chi connectivity index (χ4n) is 4.38. The minimum Gasteiger partial charge on any atom is -0.497 e. The first-order valence-corrected chi connectivity index (χ1v) is 13.9. The zero-order valence-corrected chi connectivity index (χ0v) is 23.2. The first kappa shape index (κ1) is 26.0. The Labute approximate surface area is 233 Å². The third-order valence-corrected chi connectivity index (χ3v) is 7.70. The van der Waals surface area contributed by atoms with Gasteiger partial charge in [-0.3, -0.25) is 14.2 Å². The fraction of sp³-hybridized carbons (Fsp3) is 0.214. The SMILES string of the molecule is COc1cccc(C(=O)NCc2nnc(SCC(=O)N3CCCc4ccccc43)n2-c2ccc(Br)cc2)c1. The Morgan fingerprint density at radius 1 is 1.05 bits per heavy atom. The Kier molecular flexibility index (Phi) is 8.09. The summed E-state index contributed by atoms with van der Waals surface area (Å²) in [7, 11) is 1.56. The van der Waals surface area contributed by atoms with E-state index < -0.39 is 0 Å². The number of carbonyl (C=O) groups excluding carboxylic acids is 2. The van der Waals surface area contributed by atoms with E-state index in [0.717, 1.165) is 28.7 Å². The van der Waals surface area contributed by atoms with Crippen molar-refractivity contribution in [3.05, 3.63) is 94.2 Å². The van der Waals surface area contributed by atoms with Crippen LogP contribution in [-0.2, 0) is 17.8 Å². The molecule has 1 aliphatic rings. The van der Waals surface area contributed by atoms with Gasteiger partial charge >= 0.3 is 0 Å². The topological polar surface area (TPSA) is 89.3 Å². The van der Waals surface area contributed by atoms with Crippen LogP contribution in [0.3, 0.4) is 0 Å². The van der Waals surface area contributed by atoms with Crippen molar-refractivity contribution in [3.63, 3.8) is 0 Å². The van der Waals surface area contributed by atoms with E-state index in [4.69, 9.17) is 4.74 Å². The summed E-state index contributed by atoms with van der Waals surface area (Å²) in [5.41, 5.74) is 3.51. The second kappa shape index (κ2) is 11.8. The van der Waals surface area contributed by atoms with Gasteiger partial charge in [0.25, 0.3) is 5.91 Å². The number of halogens is 1. The standard InChI is InChI=1S/C28H26BrN5O3S/c1-37-23-9-4-7-20(16-23)27(36)30-17-25-31-32-28(34(25)22-13-11-21(29)12-14-22)38-18-26(35)33-15-5-8-19-6-2-3-10-24(19)33/h2-4,6-7,9-14,16H,5,8,15,17-18H2,1H3,(H,30,36). The van der Waals surface area contributed by atoms with Crippen molar-refractivity contribution in [2.45, 2.75) is 24.5 Å². The van der Waals surface area contributed by atoms with Crippen molar-refractivity contribution >= 4 is 45.2 Å². The molecule has 5 rings (SSSR count). The number of carbonyl (C=O) groups is 2. The normalized spacial score (nSPS) is 12.6. The van der Waals surface area contributed by atoms with Crippen LogP contribution in [0.5, 0.6) is 5.75 Å². The van der Waals surface area contributed by atoms with Crippen molar-refractivity contribution < 1.29 is 14.3 Å². The van der Waals surface area contributed by atoms with Gasteiger partial charge in [-0.05, 0) is 66.9 Å². The molecule has 0 bridgehead atoms. The summed E-state index contributed by atoms with van der Waals surface area (Å²) in [6.45, 7) is 0.866. The summed E-state index contributed by atoms with van der Waals surface area (Å²) in [6.07, 6.45) is 1.93. The first-order valence-electron chi connectivity index (χ1n) is 12.2. The van der Waals surface area contributed by atoms with Gasteiger partial charge in [0.05, 0.1) is 19.4 Å². The van der Waals surface area contributed by atoms with Gasteiger partial charge in [-0.15, -0.1) is 10.2 Å². The number of fused-ring (bicyclic) bond motifs is 1. The van der Waals surface area contributed by atoms with Crippen LogP contribution in [0.25, 0.3) is 5.69 Å². The van der Waals surface area contributed by atoms with E-state index in [0.29, 0.717) is 28.8 Å². The van der Waals surface area contributed by atoms with Crippen LogP contribution in [0.4, 0.5) is 5.69 Å². The minimum atomic E-state index is -0.248. The molecular formula is C28H26BrN5O3S. The number of aryl methyl sites for hydroxylation is 1. The molecule has 0 atom stereocenters. The Morgan fingerprint density at radius 3 is 2.68 bits per heavy atom. The number of benzene rings is 3. The molecular weight excluding hydrogens is 566 g/mol. The van der Waals surface area contributed by atoms with Gasteiger partial charge in [0.1, 0.15) is 5.75 Å². The second-order valence-corrected chi connectivity index (χ2v) is 10.5. The Bertz CT molecular complexity index is 1460. The van der Waals surface area contributed by atoms with Crippen molar-refractivity contribution in [1.82, 2.24) is 20.1 Å². The molecule has 194 valence electrons. The molecule has 0 saturated heterocycles. The van der Waals surface area contributed by atoms with Gasteiger partial charge in [-0.1, -0.05) is 52.0 Å². The van der Waals surface area contributed by atoms with Crippen molar-refractivity contribution in [2.75, 3.05) is 24.3 Å². The molecule has 1 aliphatic heterocycles. The minimum absolute atomic E-state index is 0.0281. The fourth-order valence-corrected chi connectivity index (χ4v) is 5.49. The van der Waals surface area contributed by atoms with E-state index >= 15 is 0 Å². The number of thioether (sulfide) groups is 1. The predicted molar refractivity (Wildman–Crippen MR) is 151 cm³/mol.